The van der Waals surface area contributed by atoms with E-state index in [2.05, 4.69) is 10.3 Å². The molecule has 0 spiro atoms. The quantitative estimate of drug-likeness (QED) is 0.675. The van der Waals surface area contributed by atoms with Crippen LogP contribution in [0.1, 0.15) is 0 Å². The lowest BCUT2D eigenvalue weighted by Crippen LogP contribution is -2.66. The first kappa shape index (κ1) is 16.4. The van der Waals surface area contributed by atoms with Crippen molar-refractivity contribution in [2.75, 3.05) is 0 Å². The summed E-state index contributed by atoms with van der Waals surface area (Å²) in [6, 6.07) is 0. The lowest BCUT2D eigenvalue weighted by atomic mass is 10.4. The molecule has 0 amide bonds. The zero-order chi connectivity index (χ0) is 14.5. The van der Waals surface area contributed by atoms with Crippen molar-refractivity contribution in [2.45, 2.75) is 16.4 Å². The second-order valence-electron chi connectivity index (χ2n) is 2.70. The van der Waals surface area contributed by atoms with E-state index in [0.29, 0.717) is 0 Å². The van der Waals surface area contributed by atoms with Crippen LogP contribution >= 0.6 is 0 Å². The summed E-state index contributed by atoms with van der Waals surface area (Å²) in [7, 11) is -13.2. The summed E-state index contributed by atoms with van der Waals surface area (Å²) in [4.78, 5) is 0. The fourth-order valence-corrected chi connectivity index (χ4v) is 2.51. The average molecular weight is 310 g/mol. The van der Waals surface area contributed by atoms with Gasteiger partial charge >= 0.3 is 16.4 Å². The van der Waals surface area contributed by atoms with E-state index in [-0.39, 0.29) is 0 Å². The molecule has 0 aliphatic rings. The van der Waals surface area contributed by atoms with E-state index in [1.807, 2.05) is 0 Å². The maximum Gasteiger partial charge on any atom is 0.446 e. The number of nitrogens with two attached hydrogens (primary N) is 2. The number of alkyl halides is 6. The summed E-state index contributed by atoms with van der Waals surface area (Å²) >= 11 is 0. The van der Waals surface area contributed by atoms with Crippen LogP contribution in [0.25, 0.3) is 0 Å². The van der Waals surface area contributed by atoms with Crippen LogP contribution < -0.4 is 10.3 Å². The molecule has 0 aliphatic heterocycles. The van der Waals surface area contributed by atoms with Crippen LogP contribution in [0.15, 0.2) is 0 Å². The maximum atomic E-state index is 13.0. The van der Waals surface area contributed by atoms with Gasteiger partial charge in [-0.1, -0.05) is 0 Å². The number of hydrogen-bond donors (Lipinski definition) is 2. The van der Waals surface area contributed by atoms with E-state index < -0.39 is 36.5 Å². The number of halogens is 6. The molecule has 0 aromatic rings. The molecule has 0 aromatic heterocycles. The van der Waals surface area contributed by atoms with Gasteiger partial charge in [0.2, 0.25) is 0 Å². The van der Waals surface area contributed by atoms with Crippen molar-refractivity contribution in [1.29, 1.82) is 0 Å². The van der Waals surface area contributed by atoms with Gasteiger partial charge in [0, 0.05) is 0 Å². The first-order valence-electron chi connectivity index (χ1n) is 3.18. The van der Waals surface area contributed by atoms with Gasteiger partial charge in [0.1, 0.15) is 0 Å². The number of hydrogen-bond acceptors (Lipinski definition) is 4. The van der Waals surface area contributed by atoms with Gasteiger partial charge in [0.25, 0.3) is 20.0 Å². The Balaban J connectivity index is 6.45. The predicted molar refractivity (Wildman–Crippen MR) is 41.1 cm³/mol. The molecule has 0 fully saturated rings. The minimum Gasteiger partial charge on any atom is -0.225 e. The first-order chi connectivity index (χ1) is 7.00. The highest BCUT2D eigenvalue weighted by atomic mass is 32.2. The van der Waals surface area contributed by atoms with E-state index in [9.17, 15) is 43.2 Å². The standard InChI is InChI=1S/C3H4F6N2O4S2/c4-1(2(5,6)7,16(10,12)13)3(8,9)17(11,14)15/h(H2,10,12,13)(H2,11,14,15). The molecule has 0 saturated carbocycles. The lowest BCUT2D eigenvalue weighted by molar-refractivity contribution is -0.242. The predicted octanol–water partition coefficient (Wildman–Crippen LogP) is -0.616. The van der Waals surface area contributed by atoms with Crippen molar-refractivity contribution in [1.82, 2.24) is 0 Å². The van der Waals surface area contributed by atoms with Gasteiger partial charge in [-0.15, -0.1) is 0 Å². The Morgan fingerprint density at radius 1 is 0.706 bits per heavy atom. The van der Waals surface area contributed by atoms with E-state index in [4.69, 9.17) is 0 Å². The van der Waals surface area contributed by atoms with Crippen LogP contribution in [0.2, 0.25) is 0 Å². The zero-order valence-electron chi connectivity index (χ0n) is 7.37. The van der Waals surface area contributed by atoms with E-state index in [1.165, 1.54) is 0 Å². The van der Waals surface area contributed by atoms with Crippen molar-refractivity contribution >= 4 is 20.0 Å². The molecule has 4 N–H and O–H groups in total. The second-order valence-corrected chi connectivity index (χ2v) is 5.96. The van der Waals surface area contributed by atoms with E-state index >= 15 is 0 Å². The van der Waals surface area contributed by atoms with E-state index in [0.717, 1.165) is 0 Å². The Bertz CT molecular complexity index is 508. The highest BCUT2D eigenvalue weighted by molar-refractivity contribution is 7.94. The molecule has 0 bridgehead atoms. The van der Waals surface area contributed by atoms with Crippen LogP contribution in [-0.4, -0.2) is 33.3 Å². The first-order valence-corrected chi connectivity index (χ1v) is 6.27. The Hall–Kier alpha value is -0.600. The molecule has 0 radical (unpaired) electrons. The topological polar surface area (TPSA) is 120 Å². The molecule has 1 unspecified atom stereocenters. The molecule has 0 saturated heterocycles. The smallest absolute Gasteiger partial charge is 0.225 e. The van der Waals surface area contributed by atoms with Crippen LogP contribution in [0.4, 0.5) is 26.3 Å². The van der Waals surface area contributed by atoms with Gasteiger partial charge < -0.3 is 0 Å². The van der Waals surface area contributed by atoms with Crippen molar-refractivity contribution in [3.05, 3.63) is 0 Å². The molecule has 0 aromatic carbocycles. The molecule has 0 aliphatic carbocycles. The summed E-state index contributed by atoms with van der Waals surface area (Å²) in [6.45, 7) is 0. The molecule has 1 atom stereocenters. The molecule has 14 heteroatoms. The molecule has 0 heterocycles. The van der Waals surface area contributed by atoms with Crippen molar-refractivity contribution in [2.24, 2.45) is 10.3 Å². The van der Waals surface area contributed by atoms with Gasteiger partial charge in [0.05, 0.1) is 0 Å². The highest BCUT2D eigenvalue weighted by Crippen LogP contribution is 2.49. The minimum absolute atomic E-state index is 3.65. The normalized spacial score (nSPS) is 18.8. The SMILES string of the molecule is NS(=O)(=O)C(F)(F)C(F)(C(F)(F)F)S(N)(=O)=O. The lowest BCUT2D eigenvalue weighted by Gasteiger charge is -2.30. The van der Waals surface area contributed by atoms with E-state index in [1.54, 1.807) is 0 Å². The fourth-order valence-electron chi connectivity index (χ4n) is 0.675. The Kier molecular flexibility index (Phi) is 3.56. The number of sulfonamides is 2. The van der Waals surface area contributed by atoms with Gasteiger partial charge in [-0.3, -0.25) is 0 Å². The highest BCUT2D eigenvalue weighted by Gasteiger charge is 2.82. The third-order valence-electron chi connectivity index (χ3n) is 1.49. The number of rotatable bonds is 3. The van der Waals surface area contributed by atoms with Crippen LogP contribution in [0.3, 0.4) is 0 Å². The average Bonchev–Trinajstić information content (AvgIpc) is 1.95. The van der Waals surface area contributed by atoms with Gasteiger partial charge in [0.15, 0.2) is 0 Å². The van der Waals surface area contributed by atoms with Crippen LogP contribution in [-0.2, 0) is 20.0 Å². The molecular formula is C3H4F6N2O4S2. The van der Waals surface area contributed by atoms with Crippen LogP contribution in [0, 0.1) is 0 Å². The third kappa shape index (κ3) is 2.21. The second kappa shape index (κ2) is 3.69. The Labute approximate surface area is 90.7 Å². The molecule has 6 nitrogen and oxygen atoms in total. The largest absolute Gasteiger partial charge is 0.446 e. The molecular weight excluding hydrogens is 306 g/mol. The van der Waals surface area contributed by atoms with Crippen molar-refractivity contribution in [3.63, 3.8) is 0 Å². The fraction of sp³-hybridized carbons (Fsp3) is 1.00. The summed E-state index contributed by atoms with van der Waals surface area (Å²) in [6.07, 6.45) is -6.81. The zero-order valence-corrected chi connectivity index (χ0v) is 9.00. The maximum absolute atomic E-state index is 13.0. The van der Waals surface area contributed by atoms with Crippen molar-refractivity contribution < 1.29 is 43.2 Å². The summed E-state index contributed by atoms with van der Waals surface area (Å²) in [5.41, 5.74) is 0. The van der Waals surface area contributed by atoms with Crippen molar-refractivity contribution in [3.8, 4) is 0 Å². The third-order valence-corrected chi connectivity index (χ3v) is 3.89. The van der Waals surface area contributed by atoms with Gasteiger partial charge in [-0.25, -0.2) is 31.5 Å². The monoisotopic (exact) mass is 310 g/mol. The summed E-state index contributed by atoms with van der Waals surface area (Å²) < 4.78 is 115. The molecule has 0 rings (SSSR count). The van der Waals surface area contributed by atoms with Gasteiger partial charge in [-0.05, 0) is 0 Å². The summed E-state index contributed by atoms with van der Waals surface area (Å²) in [5, 5.41) is -5.72. The van der Waals surface area contributed by atoms with Crippen LogP contribution in [0.5, 0.6) is 0 Å². The molecule has 17 heavy (non-hydrogen) atoms. The molecule has 104 valence electrons. The summed E-state index contributed by atoms with van der Waals surface area (Å²) in [5.74, 6) is 0. The Morgan fingerprint density at radius 2 is 1.00 bits per heavy atom. The minimum atomic E-state index is -6.81. The van der Waals surface area contributed by atoms with Gasteiger partial charge in [-0.2, -0.15) is 22.0 Å². The number of primary sulfonamides is 2. The Morgan fingerprint density at radius 3 is 1.06 bits per heavy atom.